The van der Waals surface area contributed by atoms with E-state index in [1.54, 1.807) is 0 Å². The highest BCUT2D eigenvalue weighted by atomic mass is 32.2. The van der Waals surface area contributed by atoms with Crippen LogP contribution in [0.25, 0.3) is 0 Å². The van der Waals surface area contributed by atoms with Crippen molar-refractivity contribution in [2.45, 2.75) is 13.0 Å². The zero-order valence-electron chi connectivity index (χ0n) is 10.6. The van der Waals surface area contributed by atoms with Crippen molar-refractivity contribution in [1.82, 2.24) is 9.88 Å². The second-order valence-corrected chi connectivity index (χ2v) is 6.52. The van der Waals surface area contributed by atoms with E-state index in [0.29, 0.717) is 12.1 Å². The van der Waals surface area contributed by atoms with Crippen molar-refractivity contribution in [2.24, 2.45) is 0 Å². The normalized spacial score (nSPS) is 11.2. The lowest BCUT2D eigenvalue weighted by Crippen LogP contribution is -2.33. The van der Waals surface area contributed by atoms with Crippen molar-refractivity contribution < 1.29 is 13.2 Å². The van der Waals surface area contributed by atoms with Gasteiger partial charge >= 0.3 is 0 Å². The number of carbonyl (C=O) groups excluding carboxylic acids is 1. The number of aromatic nitrogens is 1. The number of rotatable bonds is 6. The maximum atomic E-state index is 11.5. The Balaban J connectivity index is 2.43. The van der Waals surface area contributed by atoms with E-state index in [2.05, 4.69) is 5.32 Å². The van der Waals surface area contributed by atoms with Crippen LogP contribution in [-0.2, 0) is 21.2 Å². The van der Waals surface area contributed by atoms with Crippen LogP contribution in [0.1, 0.15) is 6.42 Å². The Morgan fingerprint density at radius 3 is 2.74 bits per heavy atom. The molecule has 8 heteroatoms. The van der Waals surface area contributed by atoms with Crippen LogP contribution in [0.2, 0.25) is 0 Å². The number of nitrogens with two attached hydrogens (primary N) is 1. The van der Waals surface area contributed by atoms with Gasteiger partial charge in [0.05, 0.1) is 5.75 Å². The number of carbonyl (C=O) groups is 1. The Kier molecular flexibility index (Phi) is 5.11. The molecule has 106 valence electrons. The van der Waals surface area contributed by atoms with E-state index in [1.165, 1.54) is 22.9 Å². The zero-order valence-corrected chi connectivity index (χ0v) is 11.4. The molecule has 0 aliphatic carbocycles. The molecule has 0 spiro atoms. The van der Waals surface area contributed by atoms with Gasteiger partial charge in [-0.1, -0.05) is 0 Å². The number of anilines is 1. The number of nitrogen functional groups attached to an aromatic ring is 1. The van der Waals surface area contributed by atoms with Gasteiger partial charge in [-0.25, -0.2) is 8.42 Å². The minimum Gasteiger partial charge on any atom is -0.398 e. The molecule has 0 bridgehead atoms. The van der Waals surface area contributed by atoms with E-state index < -0.39 is 9.84 Å². The molecular formula is C11H17N3O4S. The molecule has 1 aromatic heterocycles. The van der Waals surface area contributed by atoms with Gasteiger partial charge in [-0.15, -0.1) is 0 Å². The van der Waals surface area contributed by atoms with Crippen molar-refractivity contribution in [3.8, 4) is 0 Å². The Morgan fingerprint density at radius 2 is 2.11 bits per heavy atom. The minimum atomic E-state index is -3.02. The van der Waals surface area contributed by atoms with Crippen molar-refractivity contribution in [2.75, 3.05) is 24.3 Å². The molecule has 0 unspecified atom stereocenters. The molecule has 1 rings (SSSR count). The van der Waals surface area contributed by atoms with E-state index in [4.69, 9.17) is 5.73 Å². The summed E-state index contributed by atoms with van der Waals surface area (Å²) >= 11 is 0. The summed E-state index contributed by atoms with van der Waals surface area (Å²) in [4.78, 5) is 23.0. The number of hydrogen-bond acceptors (Lipinski definition) is 5. The SMILES string of the molecule is CS(=O)(=O)CCCNC(=O)Cn1cc(N)ccc1=O. The third-order valence-corrected chi connectivity index (χ3v) is 3.36. The highest BCUT2D eigenvalue weighted by molar-refractivity contribution is 7.90. The minimum absolute atomic E-state index is 0.0194. The predicted octanol–water partition coefficient (Wildman–Crippen LogP) is -1.02. The van der Waals surface area contributed by atoms with Gasteiger partial charge in [0.15, 0.2) is 0 Å². The standard InChI is InChI=1S/C11H17N3O4S/c1-19(17,18)6-2-5-13-10(15)8-14-7-9(12)3-4-11(14)16/h3-4,7H,2,5-6,8,12H2,1H3,(H,13,15). The van der Waals surface area contributed by atoms with Crippen LogP contribution in [-0.4, -0.2) is 37.4 Å². The van der Waals surface area contributed by atoms with Gasteiger partial charge in [0.1, 0.15) is 16.4 Å². The molecule has 7 nitrogen and oxygen atoms in total. The molecule has 1 amide bonds. The fourth-order valence-electron chi connectivity index (χ4n) is 1.45. The van der Waals surface area contributed by atoms with E-state index in [0.717, 1.165) is 6.26 Å². The molecular weight excluding hydrogens is 270 g/mol. The topological polar surface area (TPSA) is 111 Å². The summed E-state index contributed by atoms with van der Waals surface area (Å²) in [6.45, 7) is 0.117. The summed E-state index contributed by atoms with van der Waals surface area (Å²) in [7, 11) is -3.02. The Labute approximate surface area is 111 Å². The molecule has 0 atom stereocenters. The zero-order chi connectivity index (χ0) is 14.5. The van der Waals surface area contributed by atoms with Crippen LogP contribution in [0.5, 0.6) is 0 Å². The van der Waals surface area contributed by atoms with Gasteiger partial charge in [0.2, 0.25) is 5.91 Å². The quantitative estimate of drug-likeness (QED) is 0.651. The van der Waals surface area contributed by atoms with Crippen molar-refractivity contribution in [3.05, 3.63) is 28.7 Å². The van der Waals surface area contributed by atoms with Crippen molar-refractivity contribution in [1.29, 1.82) is 0 Å². The number of pyridine rings is 1. The van der Waals surface area contributed by atoms with Crippen LogP contribution < -0.4 is 16.6 Å². The number of nitrogens with one attached hydrogen (secondary N) is 1. The predicted molar refractivity (Wildman–Crippen MR) is 72.5 cm³/mol. The second-order valence-electron chi connectivity index (χ2n) is 4.26. The lowest BCUT2D eigenvalue weighted by molar-refractivity contribution is -0.121. The summed E-state index contributed by atoms with van der Waals surface area (Å²) in [5, 5.41) is 2.55. The number of sulfone groups is 1. The largest absolute Gasteiger partial charge is 0.398 e. The molecule has 1 aromatic rings. The number of nitrogens with zero attached hydrogens (tertiary/aromatic N) is 1. The first-order chi connectivity index (χ1) is 8.78. The van der Waals surface area contributed by atoms with Gasteiger partial charge in [0.25, 0.3) is 5.56 Å². The fourth-order valence-corrected chi connectivity index (χ4v) is 2.11. The summed E-state index contributed by atoms with van der Waals surface area (Å²) in [6, 6.07) is 2.75. The smallest absolute Gasteiger partial charge is 0.251 e. The van der Waals surface area contributed by atoms with E-state index in [-0.39, 0.29) is 30.3 Å². The Hall–Kier alpha value is -1.83. The van der Waals surface area contributed by atoms with Crippen LogP contribution >= 0.6 is 0 Å². The highest BCUT2D eigenvalue weighted by Gasteiger charge is 2.06. The number of amides is 1. The van der Waals surface area contributed by atoms with Gasteiger partial charge < -0.3 is 15.6 Å². The maximum absolute atomic E-state index is 11.5. The molecule has 3 N–H and O–H groups in total. The van der Waals surface area contributed by atoms with Crippen molar-refractivity contribution in [3.63, 3.8) is 0 Å². The molecule has 0 saturated heterocycles. The Morgan fingerprint density at radius 1 is 1.42 bits per heavy atom. The average Bonchev–Trinajstić information content (AvgIpc) is 2.28. The van der Waals surface area contributed by atoms with Crippen LogP contribution in [0.3, 0.4) is 0 Å². The second kappa shape index (κ2) is 6.37. The number of hydrogen-bond donors (Lipinski definition) is 2. The summed E-state index contributed by atoms with van der Waals surface area (Å²) in [5.41, 5.74) is 5.59. The molecule has 0 aromatic carbocycles. The first-order valence-corrected chi connectivity index (χ1v) is 7.74. The van der Waals surface area contributed by atoms with Crippen LogP contribution in [0.4, 0.5) is 5.69 Å². The highest BCUT2D eigenvalue weighted by Crippen LogP contribution is 1.95. The molecule has 0 radical (unpaired) electrons. The molecule has 19 heavy (non-hydrogen) atoms. The van der Waals surface area contributed by atoms with Gasteiger partial charge in [-0.2, -0.15) is 0 Å². The summed E-state index contributed by atoms with van der Waals surface area (Å²) in [6.07, 6.45) is 2.87. The molecule has 0 saturated carbocycles. The van der Waals surface area contributed by atoms with E-state index in [1.807, 2.05) is 0 Å². The van der Waals surface area contributed by atoms with Gasteiger partial charge in [0, 0.05) is 30.8 Å². The lowest BCUT2D eigenvalue weighted by atomic mass is 10.4. The maximum Gasteiger partial charge on any atom is 0.251 e. The molecule has 0 fully saturated rings. The summed E-state index contributed by atoms with van der Waals surface area (Å²) < 4.78 is 22.9. The van der Waals surface area contributed by atoms with Crippen LogP contribution in [0, 0.1) is 0 Å². The lowest BCUT2D eigenvalue weighted by Gasteiger charge is -2.07. The molecule has 1 heterocycles. The monoisotopic (exact) mass is 287 g/mol. The molecule has 0 aliphatic rings. The van der Waals surface area contributed by atoms with Gasteiger partial charge in [-0.3, -0.25) is 9.59 Å². The van der Waals surface area contributed by atoms with Crippen molar-refractivity contribution >= 4 is 21.4 Å². The average molecular weight is 287 g/mol. The first-order valence-electron chi connectivity index (χ1n) is 5.68. The third kappa shape index (κ3) is 6.05. The van der Waals surface area contributed by atoms with Gasteiger partial charge in [-0.05, 0) is 12.5 Å². The van der Waals surface area contributed by atoms with E-state index in [9.17, 15) is 18.0 Å². The van der Waals surface area contributed by atoms with E-state index >= 15 is 0 Å². The van der Waals surface area contributed by atoms with Crippen LogP contribution in [0.15, 0.2) is 23.1 Å². The molecule has 0 aliphatic heterocycles. The third-order valence-electron chi connectivity index (χ3n) is 2.33. The fraction of sp³-hybridized carbons (Fsp3) is 0.455. The summed E-state index contributed by atoms with van der Waals surface area (Å²) in [5.74, 6) is -0.341. The Bertz CT molecular complexity index is 607. The first kappa shape index (κ1) is 15.2.